The van der Waals surface area contributed by atoms with Gasteiger partial charge in [-0.3, -0.25) is 14.2 Å². The largest absolute Gasteiger partial charge is 0.356 e. The predicted molar refractivity (Wildman–Crippen MR) is 108 cm³/mol. The van der Waals surface area contributed by atoms with E-state index in [1.165, 1.54) is 22.4 Å². The normalized spacial score (nSPS) is 13.5. The summed E-state index contributed by atoms with van der Waals surface area (Å²) in [5.74, 6) is -0.0368. The molecule has 3 aromatic rings. The van der Waals surface area contributed by atoms with Crippen LogP contribution in [-0.4, -0.2) is 22.0 Å². The van der Waals surface area contributed by atoms with E-state index >= 15 is 0 Å². The maximum Gasteiger partial charge on any atom is 0.262 e. The lowest BCUT2D eigenvalue weighted by Gasteiger charge is -2.10. The molecule has 0 aliphatic heterocycles. The van der Waals surface area contributed by atoms with E-state index in [-0.39, 0.29) is 17.9 Å². The fraction of sp³-hybridized carbons (Fsp3) is 0.381. The number of nitrogens with zero attached hydrogens (tertiary/aromatic N) is 2. The minimum Gasteiger partial charge on any atom is -0.356 e. The third kappa shape index (κ3) is 3.95. The smallest absolute Gasteiger partial charge is 0.262 e. The molecule has 5 nitrogen and oxygen atoms in total. The van der Waals surface area contributed by atoms with Crippen LogP contribution in [0.1, 0.15) is 35.3 Å². The van der Waals surface area contributed by atoms with Crippen molar-refractivity contribution in [1.29, 1.82) is 0 Å². The van der Waals surface area contributed by atoms with E-state index in [2.05, 4.69) is 10.3 Å². The van der Waals surface area contributed by atoms with Gasteiger partial charge in [-0.05, 0) is 43.2 Å². The summed E-state index contributed by atoms with van der Waals surface area (Å²) in [5, 5.41) is 3.71. The zero-order valence-corrected chi connectivity index (χ0v) is 16.1. The van der Waals surface area contributed by atoms with Crippen LogP contribution < -0.4 is 10.9 Å². The zero-order chi connectivity index (χ0) is 18.6. The Balaban J connectivity index is 1.38. The van der Waals surface area contributed by atoms with Crippen molar-refractivity contribution in [3.05, 3.63) is 63.0 Å². The van der Waals surface area contributed by atoms with Crippen molar-refractivity contribution in [2.75, 3.05) is 6.54 Å². The number of aryl methyl sites for hydroxylation is 3. The van der Waals surface area contributed by atoms with Crippen LogP contribution in [0.4, 0.5) is 0 Å². The molecule has 0 bridgehead atoms. The Hall–Kier alpha value is -2.47. The van der Waals surface area contributed by atoms with E-state index in [1.54, 1.807) is 22.2 Å². The molecule has 0 saturated carbocycles. The number of rotatable bonds is 6. The summed E-state index contributed by atoms with van der Waals surface area (Å²) in [6, 6.07) is 10.1. The molecule has 140 valence electrons. The van der Waals surface area contributed by atoms with E-state index in [1.807, 2.05) is 30.3 Å². The van der Waals surface area contributed by atoms with E-state index in [9.17, 15) is 9.59 Å². The van der Waals surface area contributed by atoms with Gasteiger partial charge in [-0.2, -0.15) is 0 Å². The number of benzene rings is 1. The Morgan fingerprint density at radius 3 is 2.85 bits per heavy atom. The average molecular weight is 382 g/mol. The summed E-state index contributed by atoms with van der Waals surface area (Å²) < 4.78 is 1.58. The Labute approximate surface area is 162 Å². The lowest BCUT2D eigenvalue weighted by atomic mass is 9.97. The highest BCUT2D eigenvalue weighted by atomic mass is 32.1. The van der Waals surface area contributed by atoms with Gasteiger partial charge in [-0.25, -0.2) is 4.98 Å². The van der Waals surface area contributed by atoms with Gasteiger partial charge < -0.3 is 5.32 Å². The molecule has 1 N–H and O–H groups in total. The van der Waals surface area contributed by atoms with Gasteiger partial charge in [0.1, 0.15) is 4.83 Å². The highest BCUT2D eigenvalue weighted by molar-refractivity contribution is 7.18. The maximum atomic E-state index is 12.9. The van der Waals surface area contributed by atoms with Crippen LogP contribution in [0.25, 0.3) is 10.2 Å². The van der Waals surface area contributed by atoms with E-state index in [0.29, 0.717) is 13.1 Å². The minimum absolute atomic E-state index is 0.00325. The topological polar surface area (TPSA) is 64.0 Å². The van der Waals surface area contributed by atoms with Crippen LogP contribution >= 0.6 is 11.3 Å². The van der Waals surface area contributed by atoms with Crippen LogP contribution in [0.15, 0.2) is 41.5 Å². The Morgan fingerprint density at radius 1 is 1.19 bits per heavy atom. The number of carbonyl (C=O) groups is 1. The molecule has 2 aromatic heterocycles. The Bertz CT molecular complexity index is 1010. The van der Waals surface area contributed by atoms with Gasteiger partial charge in [0.25, 0.3) is 5.56 Å². The third-order valence-corrected chi connectivity index (χ3v) is 6.30. The molecule has 0 fully saturated rings. The highest BCUT2D eigenvalue weighted by Gasteiger charge is 2.20. The molecule has 0 radical (unpaired) electrons. The number of hydrogen-bond donors (Lipinski definition) is 1. The lowest BCUT2D eigenvalue weighted by Crippen LogP contribution is -2.29. The first kappa shape index (κ1) is 17.9. The van der Waals surface area contributed by atoms with Crippen LogP contribution in [-0.2, 0) is 30.6 Å². The van der Waals surface area contributed by atoms with Gasteiger partial charge >= 0.3 is 0 Å². The highest BCUT2D eigenvalue weighted by Crippen LogP contribution is 2.33. The van der Waals surface area contributed by atoms with Gasteiger partial charge in [0, 0.05) is 24.4 Å². The quantitative estimate of drug-likeness (QED) is 0.714. The second kappa shape index (κ2) is 8.05. The molecule has 0 unspecified atom stereocenters. The molecular weight excluding hydrogens is 358 g/mol. The van der Waals surface area contributed by atoms with Crippen molar-refractivity contribution in [2.45, 2.75) is 45.1 Å². The second-order valence-electron chi connectivity index (χ2n) is 6.97. The minimum atomic E-state index is -0.0368. The van der Waals surface area contributed by atoms with E-state index in [0.717, 1.165) is 35.9 Å². The molecule has 1 aliphatic rings. The Kier molecular flexibility index (Phi) is 5.34. The molecule has 0 saturated heterocycles. The molecule has 1 aliphatic carbocycles. The molecule has 1 aromatic carbocycles. The van der Waals surface area contributed by atoms with E-state index in [4.69, 9.17) is 0 Å². The molecule has 1 amide bonds. The van der Waals surface area contributed by atoms with Crippen molar-refractivity contribution in [3.63, 3.8) is 0 Å². The first-order valence-electron chi connectivity index (χ1n) is 9.52. The summed E-state index contributed by atoms with van der Waals surface area (Å²) in [4.78, 5) is 31.6. The maximum absolute atomic E-state index is 12.9. The summed E-state index contributed by atoms with van der Waals surface area (Å²) >= 11 is 1.65. The fourth-order valence-electron chi connectivity index (χ4n) is 3.64. The van der Waals surface area contributed by atoms with Gasteiger partial charge in [-0.1, -0.05) is 30.3 Å². The molecule has 0 atom stereocenters. The summed E-state index contributed by atoms with van der Waals surface area (Å²) in [6.45, 7) is 0.969. The molecule has 27 heavy (non-hydrogen) atoms. The monoisotopic (exact) mass is 381 g/mol. The van der Waals surface area contributed by atoms with Gasteiger partial charge in [0.05, 0.1) is 11.7 Å². The van der Waals surface area contributed by atoms with Gasteiger partial charge in [0.15, 0.2) is 0 Å². The van der Waals surface area contributed by atoms with Crippen LogP contribution in [0.3, 0.4) is 0 Å². The number of thiophene rings is 1. The SMILES string of the molecule is O=C(CCn1cnc2sc3c(c2c1=O)CCCC3)NCCc1ccccc1. The van der Waals surface area contributed by atoms with Gasteiger partial charge in [-0.15, -0.1) is 11.3 Å². The van der Waals surface area contributed by atoms with Crippen molar-refractivity contribution in [3.8, 4) is 0 Å². The molecule has 0 spiro atoms. The van der Waals surface area contributed by atoms with Crippen molar-refractivity contribution in [1.82, 2.24) is 14.9 Å². The van der Waals surface area contributed by atoms with Crippen molar-refractivity contribution < 1.29 is 4.79 Å². The van der Waals surface area contributed by atoms with Crippen molar-refractivity contribution in [2.24, 2.45) is 0 Å². The first-order valence-corrected chi connectivity index (χ1v) is 10.3. The molecule has 6 heteroatoms. The third-order valence-electron chi connectivity index (χ3n) is 5.10. The molecular formula is C21H23N3O2S. The number of aromatic nitrogens is 2. The van der Waals surface area contributed by atoms with Crippen LogP contribution in [0, 0.1) is 0 Å². The number of amides is 1. The van der Waals surface area contributed by atoms with Gasteiger partial charge in [0.2, 0.25) is 5.91 Å². The number of carbonyl (C=O) groups excluding carboxylic acids is 1. The number of fused-ring (bicyclic) bond motifs is 3. The standard InChI is InChI=1S/C21H23N3O2S/c25-18(22-12-10-15-6-2-1-3-7-15)11-13-24-14-23-20-19(21(24)26)16-8-4-5-9-17(16)27-20/h1-3,6-7,14H,4-5,8-13H2,(H,22,25). The fourth-order valence-corrected chi connectivity index (χ4v) is 4.86. The average Bonchev–Trinajstić information content (AvgIpc) is 3.07. The van der Waals surface area contributed by atoms with Crippen LogP contribution in [0.5, 0.6) is 0 Å². The lowest BCUT2D eigenvalue weighted by molar-refractivity contribution is -0.121. The summed E-state index contributed by atoms with van der Waals surface area (Å²) in [7, 11) is 0. The van der Waals surface area contributed by atoms with Crippen molar-refractivity contribution >= 4 is 27.5 Å². The number of hydrogen-bond acceptors (Lipinski definition) is 4. The first-order chi connectivity index (χ1) is 13.2. The van der Waals surface area contributed by atoms with Crippen LogP contribution in [0.2, 0.25) is 0 Å². The second-order valence-corrected chi connectivity index (χ2v) is 8.05. The Morgan fingerprint density at radius 2 is 2.00 bits per heavy atom. The molecule has 2 heterocycles. The predicted octanol–water partition coefficient (Wildman–Crippen LogP) is 3.09. The zero-order valence-electron chi connectivity index (χ0n) is 15.2. The summed E-state index contributed by atoms with van der Waals surface area (Å²) in [5.41, 5.74) is 2.39. The number of nitrogens with one attached hydrogen (secondary N) is 1. The molecule has 4 rings (SSSR count). The summed E-state index contributed by atoms with van der Waals surface area (Å²) in [6.07, 6.45) is 7.03. The van der Waals surface area contributed by atoms with E-state index < -0.39 is 0 Å².